The van der Waals surface area contributed by atoms with E-state index in [1.165, 1.54) is 41.8 Å². The lowest BCUT2D eigenvalue weighted by atomic mass is 9.76. The van der Waals surface area contributed by atoms with Crippen molar-refractivity contribution < 1.29 is 4.79 Å². The Kier molecular flexibility index (Phi) is 7.04. The van der Waals surface area contributed by atoms with E-state index in [1.54, 1.807) is 6.92 Å². The average Bonchev–Trinajstić information content (AvgIpc) is 2.95. The number of Topliss-reactive ketones (excluding diaryl/α,β-unsaturated/α-hetero) is 1. The lowest BCUT2D eigenvalue weighted by Crippen LogP contribution is -2.51. The maximum atomic E-state index is 11.3. The Hall–Kier alpha value is -1.26. The Balaban J connectivity index is 1.85. The van der Waals surface area contributed by atoms with Gasteiger partial charge in [0.25, 0.3) is 0 Å². The Morgan fingerprint density at radius 2 is 2.19 bits per heavy atom. The van der Waals surface area contributed by atoms with Gasteiger partial charge >= 0.3 is 0 Å². The number of hydrogen-bond acceptors (Lipinski definition) is 3. The molecule has 0 aromatic carbocycles. The summed E-state index contributed by atoms with van der Waals surface area (Å²) in [6, 6.07) is 0.573. The van der Waals surface area contributed by atoms with Crippen molar-refractivity contribution in [3.63, 3.8) is 0 Å². The number of aromatic amines is 1. The SMILES string of the molecule is CCCN1CC(CSCC(C)=O)CC2/C(C)=C/C=C\c3[nH]cc(c3C)CC21. The van der Waals surface area contributed by atoms with Crippen LogP contribution in [0.15, 0.2) is 23.9 Å². The lowest BCUT2D eigenvalue weighted by Gasteiger charge is -2.46. The van der Waals surface area contributed by atoms with Crippen LogP contribution in [0.4, 0.5) is 0 Å². The number of allylic oxidation sites excluding steroid dienone is 2. The zero-order chi connectivity index (χ0) is 19.4. The first-order valence-electron chi connectivity index (χ1n) is 10.3. The van der Waals surface area contributed by atoms with Gasteiger partial charge in [0, 0.05) is 24.5 Å². The van der Waals surface area contributed by atoms with Crippen LogP contribution in [-0.4, -0.2) is 46.3 Å². The fourth-order valence-electron chi connectivity index (χ4n) is 4.69. The van der Waals surface area contributed by atoms with Crippen molar-refractivity contribution in [1.29, 1.82) is 0 Å². The minimum atomic E-state index is 0.290. The van der Waals surface area contributed by atoms with Crippen LogP contribution in [0.5, 0.6) is 0 Å². The molecule has 3 unspecified atom stereocenters. The largest absolute Gasteiger partial charge is 0.361 e. The number of H-pyrrole nitrogens is 1. The first-order chi connectivity index (χ1) is 13.0. The molecule has 1 fully saturated rings. The number of carbonyl (C=O) groups excluding carboxylic acids is 1. The van der Waals surface area contributed by atoms with Crippen LogP contribution in [0.2, 0.25) is 0 Å². The number of piperidine rings is 1. The molecule has 2 bridgehead atoms. The van der Waals surface area contributed by atoms with Crippen molar-refractivity contribution in [3.05, 3.63) is 40.7 Å². The van der Waals surface area contributed by atoms with Gasteiger partial charge in [0.1, 0.15) is 5.78 Å². The Morgan fingerprint density at radius 3 is 2.93 bits per heavy atom. The zero-order valence-corrected chi connectivity index (χ0v) is 18.1. The maximum Gasteiger partial charge on any atom is 0.139 e. The van der Waals surface area contributed by atoms with Crippen LogP contribution in [0.25, 0.3) is 6.08 Å². The number of carbonyl (C=O) groups is 1. The summed E-state index contributed by atoms with van der Waals surface area (Å²) in [5, 5.41) is 0. The molecule has 0 radical (unpaired) electrons. The summed E-state index contributed by atoms with van der Waals surface area (Å²) in [4.78, 5) is 17.5. The summed E-state index contributed by atoms with van der Waals surface area (Å²) in [6.45, 7) is 10.9. The van der Waals surface area contributed by atoms with Gasteiger partial charge < -0.3 is 4.98 Å². The van der Waals surface area contributed by atoms with Gasteiger partial charge in [-0.1, -0.05) is 24.6 Å². The molecular weight excluding hydrogens is 352 g/mol. The second-order valence-electron chi connectivity index (χ2n) is 8.31. The van der Waals surface area contributed by atoms with Crippen LogP contribution < -0.4 is 0 Å². The molecule has 3 rings (SSSR count). The summed E-state index contributed by atoms with van der Waals surface area (Å²) in [6.07, 6.45) is 12.5. The molecule has 1 aliphatic carbocycles. The second-order valence-corrected chi connectivity index (χ2v) is 9.34. The number of rotatable bonds is 6. The second kappa shape index (κ2) is 9.29. The lowest BCUT2D eigenvalue weighted by molar-refractivity contribution is -0.114. The predicted octanol–water partition coefficient (Wildman–Crippen LogP) is 4.88. The number of nitrogens with zero attached hydrogens (tertiary/aromatic N) is 1. The highest BCUT2D eigenvalue weighted by Crippen LogP contribution is 2.37. The van der Waals surface area contributed by atoms with E-state index in [1.807, 2.05) is 11.8 Å². The molecule has 0 amide bonds. The predicted molar refractivity (Wildman–Crippen MR) is 117 cm³/mol. The number of aromatic nitrogens is 1. The van der Waals surface area contributed by atoms with E-state index in [9.17, 15) is 4.79 Å². The first kappa shape index (κ1) is 20.5. The number of ketones is 1. The van der Waals surface area contributed by atoms with Gasteiger partial charge in [0.2, 0.25) is 0 Å². The van der Waals surface area contributed by atoms with E-state index in [0.717, 1.165) is 18.7 Å². The van der Waals surface area contributed by atoms with Crippen LogP contribution in [0.3, 0.4) is 0 Å². The van der Waals surface area contributed by atoms with Gasteiger partial charge in [-0.05, 0) is 81.4 Å². The van der Waals surface area contributed by atoms with E-state index >= 15 is 0 Å². The fraction of sp³-hybridized carbons (Fsp3) is 0.609. The van der Waals surface area contributed by atoms with Crippen molar-refractivity contribution in [2.45, 2.75) is 53.0 Å². The normalized spacial score (nSPS) is 28.9. The van der Waals surface area contributed by atoms with Crippen molar-refractivity contribution in [2.24, 2.45) is 11.8 Å². The molecule has 0 saturated carbocycles. The monoisotopic (exact) mass is 386 g/mol. The van der Waals surface area contributed by atoms with E-state index in [4.69, 9.17) is 0 Å². The quantitative estimate of drug-likeness (QED) is 0.757. The number of thioether (sulfide) groups is 1. The molecule has 0 spiro atoms. The van der Waals surface area contributed by atoms with Gasteiger partial charge in [-0.15, -0.1) is 0 Å². The highest BCUT2D eigenvalue weighted by Gasteiger charge is 2.36. The third-order valence-electron chi connectivity index (χ3n) is 6.11. The molecule has 2 heterocycles. The summed E-state index contributed by atoms with van der Waals surface area (Å²) >= 11 is 1.82. The summed E-state index contributed by atoms with van der Waals surface area (Å²) in [7, 11) is 0. The minimum Gasteiger partial charge on any atom is -0.361 e. The molecular formula is C23H34N2OS. The van der Waals surface area contributed by atoms with Crippen LogP contribution in [0.1, 0.15) is 50.4 Å². The number of hydrogen-bond donors (Lipinski definition) is 1. The van der Waals surface area contributed by atoms with Gasteiger partial charge in [0.05, 0.1) is 5.75 Å². The molecule has 4 heteroatoms. The molecule has 3 atom stereocenters. The topological polar surface area (TPSA) is 36.1 Å². The van der Waals surface area contributed by atoms with Crippen molar-refractivity contribution in [2.75, 3.05) is 24.6 Å². The van der Waals surface area contributed by atoms with Crippen molar-refractivity contribution >= 4 is 23.6 Å². The smallest absolute Gasteiger partial charge is 0.139 e. The standard InChI is InChI=1S/C23H34N2OS/c1-5-9-25-13-19(15-27-14-17(3)26)10-21-16(2)7-6-8-22-18(4)20(12-24-22)11-23(21)25/h6-8,12,19,21,23-24H,5,9-11,13-15H2,1-4H3/b8-6-,16-7+. The molecule has 1 N–H and O–H groups in total. The number of likely N-dealkylation sites (tertiary alicyclic amines) is 1. The Bertz CT molecular complexity index is 718. The number of fused-ring (bicyclic) bond motifs is 3. The van der Waals surface area contributed by atoms with Crippen molar-refractivity contribution in [3.8, 4) is 0 Å². The summed E-state index contributed by atoms with van der Waals surface area (Å²) in [5.41, 5.74) is 5.60. The number of nitrogens with one attached hydrogen (secondary N) is 1. The molecule has 27 heavy (non-hydrogen) atoms. The van der Waals surface area contributed by atoms with E-state index in [0.29, 0.717) is 23.6 Å². The highest BCUT2D eigenvalue weighted by atomic mass is 32.2. The Morgan fingerprint density at radius 1 is 1.37 bits per heavy atom. The molecule has 3 nitrogen and oxygen atoms in total. The zero-order valence-electron chi connectivity index (χ0n) is 17.3. The van der Waals surface area contributed by atoms with Crippen LogP contribution in [0, 0.1) is 18.8 Å². The molecule has 1 aliphatic heterocycles. The van der Waals surface area contributed by atoms with Crippen molar-refractivity contribution in [1.82, 2.24) is 9.88 Å². The van der Waals surface area contributed by atoms with Gasteiger partial charge in [-0.25, -0.2) is 0 Å². The third kappa shape index (κ3) is 4.97. The van der Waals surface area contributed by atoms with E-state index in [2.05, 4.69) is 55.1 Å². The summed E-state index contributed by atoms with van der Waals surface area (Å²) < 4.78 is 0. The molecule has 1 aromatic heterocycles. The van der Waals surface area contributed by atoms with E-state index < -0.39 is 0 Å². The molecule has 2 aliphatic rings. The van der Waals surface area contributed by atoms with Crippen LogP contribution in [-0.2, 0) is 11.2 Å². The minimum absolute atomic E-state index is 0.290. The van der Waals surface area contributed by atoms with E-state index in [-0.39, 0.29) is 5.78 Å². The third-order valence-corrected chi connectivity index (χ3v) is 7.42. The highest BCUT2D eigenvalue weighted by molar-refractivity contribution is 7.99. The Labute approximate surface area is 168 Å². The van der Waals surface area contributed by atoms with Gasteiger partial charge in [-0.2, -0.15) is 11.8 Å². The van der Waals surface area contributed by atoms with Gasteiger partial charge in [0.15, 0.2) is 0 Å². The molecule has 1 saturated heterocycles. The average molecular weight is 387 g/mol. The van der Waals surface area contributed by atoms with Crippen LogP contribution >= 0.6 is 11.8 Å². The maximum absolute atomic E-state index is 11.3. The molecule has 148 valence electrons. The first-order valence-corrected chi connectivity index (χ1v) is 11.5. The molecule has 1 aromatic rings. The fourth-order valence-corrected chi connectivity index (χ4v) is 5.67. The van der Waals surface area contributed by atoms with Gasteiger partial charge in [-0.3, -0.25) is 9.69 Å². The summed E-state index contributed by atoms with van der Waals surface area (Å²) in [5.74, 6) is 3.30.